The standard InChI is InChI=1S/C14H19N3O3/c1-17(10-14(18)6-2-3-7-14)9-12-15-13(20-16-12)11-5-4-8-19-11/h4-5,8,18H,2-3,6-7,9-10H2,1H3. The van der Waals surface area contributed by atoms with Gasteiger partial charge in [-0.25, -0.2) is 0 Å². The Labute approximate surface area is 117 Å². The summed E-state index contributed by atoms with van der Waals surface area (Å²) in [6.07, 6.45) is 5.54. The van der Waals surface area contributed by atoms with Crippen molar-refractivity contribution < 1.29 is 14.0 Å². The third-order valence-corrected chi connectivity index (χ3v) is 3.71. The molecule has 0 atom stereocenters. The van der Waals surface area contributed by atoms with Crippen molar-refractivity contribution in [3.05, 3.63) is 24.2 Å². The van der Waals surface area contributed by atoms with Gasteiger partial charge in [0.05, 0.1) is 18.4 Å². The van der Waals surface area contributed by atoms with Crippen molar-refractivity contribution in [2.45, 2.75) is 37.8 Å². The fourth-order valence-corrected chi connectivity index (χ4v) is 2.81. The maximum atomic E-state index is 10.4. The lowest BCUT2D eigenvalue weighted by atomic mass is 10.0. The molecule has 2 aromatic rings. The molecule has 0 unspecified atom stereocenters. The molecule has 2 aromatic heterocycles. The van der Waals surface area contributed by atoms with Crippen molar-refractivity contribution in [1.29, 1.82) is 0 Å². The first-order chi connectivity index (χ1) is 9.65. The number of rotatable bonds is 5. The fourth-order valence-electron chi connectivity index (χ4n) is 2.81. The van der Waals surface area contributed by atoms with Crippen LogP contribution in [0.3, 0.4) is 0 Å². The maximum Gasteiger partial charge on any atom is 0.293 e. The van der Waals surface area contributed by atoms with Crippen molar-refractivity contribution in [1.82, 2.24) is 15.0 Å². The van der Waals surface area contributed by atoms with Gasteiger partial charge in [0, 0.05) is 6.54 Å². The van der Waals surface area contributed by atoms with Crippen LogP contribution in [0, 0.1) is 0 Å². The first-order valence-corrected chi connectivity index (χ1v) is 6.92. The van der Waals surface area contributed by atoms with E-state index in [1.54, 1.807) is 18.4 Å². The van der Waals surface area contributed by atoms with Gasteiger partial charge in [0.2, 0.25) is 0 Å². The van der Waals surface area contributed by atoms with E-state index in [9.17, 15) is 5.11 Å². The van der Waals surface area contributed by atoms with Crippen LogP contribution in [0.4, 0.5) is 0 Å². The zero-order chi connectivity index (χ0) is 14.0. The van der Waals surface area contributed by atoms with Gasteiger partial charge in [-0.05, 0) is 32.0 Å². The topological polar surface area (TPSA) is 75.5 Å². The van der Waals surface area contributed by atoms with Crippen molar-refractivity contribution in [2.75, 3.05) is 13.6 Å². The van der Waals surface area contributed by atoms with E-state index in [0.29, 0.717) is 30.6 Å². The summed E-state index contributed by atoms with van der Waals surface area (Å²) in [6, 6.07) is 3.56. The molecule has 3 rings (SSSR count). The molecule has 6 nitrogen and oxygen atoms in total. The van der Waals surface area contributed by atoms with Gasteiger partial charge in [-0.3, -0.25) is 4.90 Å². The number of aliphatic hydroxyl groups is 1. The van der Waals surface area contributed by atoms with Crippen LogP contribution >= 0.6 is 0 Å². The predicted molar refractivity (Wildman–Crippen MR) is 71.8 cm³/mol. The van der Waals surface area contributed by atoms with Crippen molar-refractivity contribution in [2.24, 2.45) is 0 Å². The lowest BCUT2D eigenvalue weighted by Gasteiger charge is -2.27. The lowest BCUT2D eigenvalue weighted by molar-refractivity contribution is 0.0138. The Kier molecular flexibility index (Phi) is 3.58. The Hall–Kier alpha value is -1.66. The summed E-state index contributed by atoms with van der Waals surface area (Å²) < 4.78 is 10.4. The highest BCUT2D eigenvalue weighted by Crippen LogP contribution is 2.30. The van der Waals surface area contributed by atoms with Gasteiger partial charge in [-0.2, -0.15) is 4.98 Å². The molecule has 0 bridgehead atoms. The van der Waals surface area contributed by atoms with E-state index in [4.69, 9.17) is 8.94 Å². The van der Waals surface area contributed by atoms with E-state index >= 15 is 0 Å². The second kappa shape index (κ2) is 5.38. The molecule has 1 saturated carbocycles. The number of nitrogens with zero attached hydrogens (tertiary/aromatic N) is 3. The summed E-state index contributed by atoms with van der Waals surface area (Å²) in [6.45, 7) is 1.18. The zero-order valence-electron chi connectivity index (χ0n) is 11.6. The molecule has 1 aliphatic carbocycles. The van der Waals surface area contributed by atoms with Crippen LogP contribution in [0.1, 0.15) is 31.5 Å². The zero-order valence-corrected chi connectivity index (χ0v) is 11.6. The summed E-state index contributed by atoms with van der Waals surface area (Å²) in [4.78, 5) is 6.33. The average molecular weight is 277 g/mol. The summed E-state index contributed by atoms with van der Waals surface area (Å²) in [7, 11) is 1.96. The molecule has 1 aliphatic rings. The highest BCUT2D eigenvalue weighted by atomic mass is 16.5. The molecule has 1 fully saturated rings. The van der Waals surface area contributed by atoms with E-state index in [1.165, 1.54) is 0 Å². The Morgan fingerprint density at radius 2 is 2.20 bits per heavy atom. The van der Waals surface area contributed by atoms with E-state index in [-0.39, 0.29) is 0 Å². The van der Waals surface area contributed by atoms with Crippen LogP contribution in [-0.2, 0) is 6.54 Å². The molecule has 0 aromatic carbocycles. The van der Waals surface area contributed by atoms with Gasteiger partial charge in [0.15, 0.2) is 11.6 Å². The first-order valence-electron chi connectivity index (χ1n) is 6.92. The van der Waals surface area contributed by atoms with E-state index in [2.05, 4.69) is 10.1 Å². The minimum absolute atomic E-state index is 0.387. The third-order valence-electron chi connectivity index (χ3n) is 3.71. The molecule has 0 radical (unpaired) electrons. The normalized spacial score (nSPS) is 17.9. The number of likely N-dealkylation sites (N-methyl/N-ethyl adjacent to an activating group) is 1. The highest BCUT2D eigenvalue weighted by molar-refractivity contribution is 5.42. The number of furan rings is 1. The molecule has 0 saturated heterocycles. The molecule has 0 aliphatic heterocycles. The molecule has 0 amide bonds. The summed E-state index contributed by atoms with van der Waals surface area (Å²) in [5.41, 5.74) is -0.553. The molecule has 108 valence electrons. The number of aromatic nitrogens is 2. The monoisotopic (exact) mass is 277 g/mol. The molecule has 2 heterocycles. The Morgan fingerprint density at radius 3 is 2.90 bits per heavy atom. The van der Waals surface area contributed by atoms with Gasteiger partial charge in [-0.15, -0.1) is 0 Å². The summed E-state index contributed by atoms with van der Waals surface area (Å²) >= 11 is 0. The summed E-state index contributed by atoms with van der Waals surface area (Å²) in [5.74, 6) is 1.55. The van der Waals surface area contributed by atoms with Crippen LogP contribution < -0.4 is 0 Å². The van der Waals surface area contributed by atoms with Crippen LogP contribution in [0.15, 0.2) is 27.3 Å². The van der Waals surface area contributed by atoms with Crippen molar-refractivity contribution in [3.8, 4) is 11.7 Å². The van der Waals surface area contributed by atoms with E-state index in [1.807, 2.05) is 11.9 Å². The average Bonchev–Trinajstić information content (AvgIpc) is 3.08. The second-order valence-electron chi connectivity index (χ2n) is 5.60. The number of hydrogen-bond acceptors (Lipinski definition) is 6. The van der Waals surface area contributed by atoms with Gasteiger partial charge in [0.1, 0.15) is 0 Å². The van der Waals surface area contributed by atoms with Gasteiger partial charge < -0.3 is 14.0 Å². The minimum atomic E-state index is -0.553. The smallest absolute Gasteiger partial charge is 0.293 e. The predicted octanol–water partition coefficient (Wildman–Crippen LogP) is 2.07. The number of hydrogen-bond donors (Lipinski definition) is 1. The van der Waals surface area contributed by atoms with Gasteiger partial charge >= 0.3 is 0 Å². The van der Waals surface area contributed by atoms with Crippen molar-refractivity contribution >= 4 is 0 Å². The third kappa shape index (κ3) is 2.91. The molecule has 0 spiro atoms. The van der Waals surface area contributed by atoms with Crippen LogP contribution in [0.25, 0.3) is 11.7 Å². The molecular weight excluding hydrogens is 258 g/mol. The SMILES string of the molecule is CN(Cc1noc(-c2ccco2)n1)CC1(O)CCCC1. The van der Waals surface area contributed by atoms with Crippen LogP contribution in [0.2, 0.25) is 0 Å². The second-order valence-corrected chi connectivity index (χ2v) is 5.60. The Bertz CT molecular complexity index is 544. The maximum absolute atomic E-state index is 10.4. The largest absolute Gasteiger partial charge is 0.459 e. The summed E-state index contributed by atoms with van der Waals surface area (Å²) in [5, 5.41) is 14.3. The van der Waals surface area contributed by atoms with Gasteiger partial charge in [0.25, 0.3) is 5.89 Å². The molecule has 20 heavy (non-hydrogen) atoms. The van der Waals surface area contributed by atoms with Crippen molar-refractivity contribution in [3.63, 3.8) is 0 Å². The Morgan fingerprint density at radius 1 is 1.40 bits per heavy atom. The van der Waals surface area contributed by atoms with Crippen LogP contribution in [-0.4, -0.2) is 39.3 Å². The van der Waals surface area contributed by atoms with Crippen LogP contribution in [0.5, 0.6) is 0 Å². The quantitative estimate of drug-likeness (QED) is 0.901. The Balaban J connectivity index is 1.60. The first kappa shape index (κ1) is 13.3. The minimum Gasteiger partial charge on any atom is -0.459 e. The van der Waals surface area contributed by atoms with Gasteiger partial charge in [-0.1, -0.05) is 18.0 Å². The fraction of sp³-hybridized carbons (Fsp3) is 0.571. The van der Waals surface area contributed by atoms with E-state index in [0.717, 1.165) is 25.7 Å². The highest BCUT2D eigenvalue weighted by Gasteiger charge is 2.32. The molecule has 6 heteroatoms. The van der Waals surface area contributed by atoms with E-state index < -0.39 is 5.60 Å². The molecule has 1 N–H and O–H groups in total. The lowest BCUT2D eigenvalue weighted by Crippen LogP contribution is -2.38. The molecular formula is C14H19N3O3.